The first-order valence-corrected chi connectivity index (χ1v) is 5.51. The number of hydrogen-bond acceptors (Lipinski definition) is 2. The zero-order valence-corrected chi connectivity index (χ0v) is 9.88. The van der Waals surface area contributed by atoms with Gasteiger partial charge in [-0.3, -0.25) is 0 Å². The Bertz CT molecular complexity index is 440. The quantitative estimate of drug-likeness (QED) is 0.808. The van der Waals surface area contributed by atoms with Gasteiger partial charge in [0.1, 0.15) is 0 Å². The van der Waals surface area contributed by atoms with Crippen molar-refractivity contribution in [3.63, 3.8) is 0 Å². The number of halogens is 1. The lowest BCUT2D eigenvalue weighted by Crippen LogP contribution is -2.16. The predicted octanol–water partition coefficient (Wildman–Crippen LogP) is 3.43. The van der Waals surface area contributed by atoms with Gasteiger partial charge in [-0.1, -0.05) is 30.9 Å². The van der Waals surface area contributed by atoms with Crippen molar-refractivity contribution in [1.82, 2.24) is 0 Å². The highest BCUT2D eigenvalue weighted by atomic mass is 35.5. The second kappa shape index (κ2) is 6.05. The van der Waals surface area contributed by atoms with Gasteiger partial charge in [0, 0.05) is 0 Å². The summed E-state index contributed by atoms with van der Waals surface area (Å²) >= 11 is 6.03. The van der Waals surface area contributed by atoms with E-state index in [1.807, 2.05) is 6.07 Å². The maximum Gasteiger partial charge on any atom is 0.0992 e. The van der Waals surface area contributed by atoms with Crippen LogP contribution in [0, 0.1) is 23.7 Å². The summed E-state index contributed by atoms with van der Waals surface area (Å²) in [7, 11) is 0. The second-order valence-corrected chi connectivity index (χ2v) is 3.87. The van der Waals surface area contributed by atoms with Crippen LogP contribution in [0.3, 0.4) is 0 Å². The molecule has 0 aliphatic heterocycles. The van der Waals surface area contributed by atoms with Crippen molar-refractivity contribution in [3.05, 3.63) is 28.8 Å². The first-order chi connectivity index (χ1) is 7.71. The third-order valence-electron chi connectivity index (χ3n) is 2.21. The molecule has 0 saturated heterocycles. The number of hydrogen-bond donors (Lipinski definition) is 1. The molecule has 1 N–H and O–H groups in total. The Morgan fingerprint density at radius 1 is 1.56 bits per heavy atom. The second-order valence-electron chi connectivity index (χ2n) is 3.46. The molecule has 16 heavy (non-hydrogen) atoms. The van der Waals surface area contributed by atoms with Gasteiger partial charge in [0.15, 0.2) is 0 Å². The van der Waals surface area contributed by atoms with Gasteiger partial charge in [-0.2, -0.15) is 5.26 Å². The summed E-state index contributed by atoms with van der Waals surface area (Å²) in [6.45, 7) is 2.08. The van der Waals surface area contributed by atoms with Gasteiger partial charge in [0.05, 0.1) is 28.4 Å². The van der Waals surface area contributed by atoms with Crippen LogP contribution in [-0.4, -0.2) is 6.04 Å². The fourth-order valence-corrected chi connectivity index (χ4v) is 1.61. The summed E-state index contributed by atoms with van der Waals surface area (Å²) in [5.41, 5.74) is 1.32. The van der Waals surface area contributed by atoms with Crippen molar-refractivity contribution in [2.24, 2.45) is 0 Å². The molecule has 0 radical (unpaired) electrons. The third-order valence-corrected chi connectivity index (χ3v) is 2.52. The van der Waals surface area contributed by atoms with Gasteiger partial charge >= 0.3 is 0 Å². The van der Waals surface area contributed by atoms with E-state index in [0.29, 0.717) is 10.6 Å². The van der Waals surface area contributed by atoms with Crippen LogP contribution < -0.4 is 5.32 Å². The number of nitriles is 1. The molecule has 82 valence electrons. The molecule has 0 aliphatic rings. The first-order valence-electron chi connectivity index (χ1n) is 5.13. The SMILES string of the molecule is C#CC(CCC)Nc1ccc(C#N)cc1Cl. The zero-order chi connectivity index (χ0) is 12.0. The number of terminal acetylenes is 1. The Morgan fingerprint density at radius 3 is 2.81 bits per heavy atom. The van der Waals surface area contributed by atoms with E-state index in [-0.39, 0.29) is 6.04 Å². The average molecular weight is 233 g/mol. The molecular formula is C13H13ClN2. The fraction of sp³-hybridized carbons (Fsp3) is 0.308. The lowest BCUT2D eigenvalue weighted by molar-refractivity contribution is 0.756. The van der Waals surface area contributed by atoms with Crippen LogP contribution in [-0.2, 0) is 0 Å². The van der Waals surface area contributed by atoms with Gasteiger partial charge in [-0.25, -0.2) is 0 Å². The van der Waals surface area contributed by atoms with E-state index in [1.165, 1.54) is 0 Å². The highest BCUT2D eigenvalue weighted by Gasteiger charge is 2.06. The Balaban J connectivity index is 2.82. The minimum atomic E-state index is -0.0181. The number of anilines is 1. The lowest BCUT2D eigenvalue weighted by atomic mass is 10.1. The van der Waals surface area contributed by atoms with Gasteiger partial charge in [0.25, 0.3) is 0 Å². The minimum absolute atomic E-state index is 0.0181. The van der Waals surface area contributed by atoms with Crippen molar-refractivity contribution in [2.75, 3.05) is 5.32 Å². The molecule has 1 aromatic rings. The highest BCUT2D eigenvalue weighted by molar-refractivity contribution is 6.33. The minimum Gasteiger partial charge on any atom is -0.370 e. The van der Waals surface area contributed by atoms with Crippen molar-refractivity contribution >= 4 is 17.3 Å². The van der Waals surface area contributed by atoms with Crippen molar-refractivity contribution in [2.45, 2.75) is 25.8 Å². The van der Waals surface area contributed by atoms with Crippen LogP contribution in [0.25, 0.3) is 0 Å². The molecule has 0 spiro atoms. The molecule has 1 unspecified atom stereocenters. The van der Waals surface area contributed by atoms with E-state index in [1.54, 1.807) is 18.2 Å². The Hall–Kier alpha value is -1.64. The molecule has 0 aliphatic carbocycles. The maximum absolute atomic E-state index is 8.70. The summed E-state index contributed by atoms with van der Waals surface area (Å²) in [6.07, 6.45) is 7.31. The molecule has 0 heterocycles. The Kier molecular flexibility index (Phi) is 4.70. The summed E-state index contributed by atoms with van der Waals surface area (Å²) in [4.78, 5) is 0. The van der Waals surface area contributed by atoms with E-state index in [4.69, 9.17) is 23.3 Å². The molecule has 0 bridgehead atoms. The maximum atomic E-state index is 8.70. The molecule has 1 rings (SSSR count). The monoisotopic (exact) mass is 232 g/mol. The van der Waals surface area contributed by atoms with Gasteiger partial charge in [-0.05, 0) is 24.6 Å². The predicted molar refractivity (Wildman–Crippen MR) is 67.3 cm³/mol. The van der Waals surface area contributed by atoms with Gasteiger partial charge in [-0.15, -0.1) is 6.42 Å². The van der Waals surface area contributed by atoms with Crippen molar-refractivity contribution in [1.29, 1.82) is 5.26 Å². The standard InChI is InChI=1S/C13H13ClN2/c1-3-5-11(4-2)16-13-7-6-10(9-15)8-12(13)14/h2,6-8,11,16H,3,5H2,1H3. The molecule has 0 amide bonds. The van der Waals surface area contributed by atoms with Crippen molar-refractivity contribution in [3.8, 4) is 18.4 Å². The van der Waals surface area contributed by atoms with Crippen LogP contribution in [0.1, 0.15) is 25.3 Å². The molecule has 1 aromatic carbocycles. The van der Waals surface area contributed by atoms with Crippen LogP contribution in [0.5, 0.6) is 0 Å². The van der Waals surface area contributed by atoms with Crippen LogP contribution in [0.15, 0.2) is 18.2 Å². The van der Waals surface area contributed by atoms with Crippen molar-refractivity contribution < 1.29 is 0 Å². The topological polar surface area (TPSA) is 35.8 Å². The van der Waals surface area contributed by atoms with E-state index >= 15 is 0 Å². The number of rotatable bonds is 4. The Morgan fingerprint density at radius 2 is 2.31 bits per heavy atom. The largest absolute Gasteiger partial charge is 0.370 e. The molecular weight excluding hydrogens is 220 g/mol. The van der Waals surface area contributed by atoms with Crippen LogP contribution in [0.4, 0.5) is 5.69 Å². The molecule has 1 atom stereocenters. The van der Waals surface area contributed by atoms with Gasteiger partial charge in [0.2, 0.25) is 0 Å². The Labute approximate surface area is 101 Å². The fourth-order valence-electron chi connectivity index (χ4n) is 1.38. The average Bonchev–Trinajstić information content (AvgIpc) is 2.30. The molecule has 3 heteroatoms. The smallest absolute Gasteiger partial charge is 0.0992 e. The number of nitrogens with one attached hydrogen (secondary N) is 1. The first kappa shape index (κ1) is 12.4. The zero-order valence-electron chi connectivity index (χ0n) is 9.13. The molecule has 2 nitrogen and oxygen atoms in total. The number of benzene rings is 1. The summed E-state index contributed by atoms with van der Waals surface area (Å²) < 4.78 is 0. The summed E-state index contributed by atoms with van der Waals surface area (Å²) in [5, 5.41) is 12.4. The lowest BCUT2D eigenvalue weighted by Gasteiger charge is -2.14. The van der Waals surface area contributed by atoms with Crippen LogP contribution >= 0.6 is 11.6 Å². The third kappa shape index (κ3) is 3.19. The van der Waals surface area contributed by atoms with E-state index < -0.39 is 0 Å². The summed E-state index contributed by atoms with van der Waals surface area (Å²) in [6, 6.07) is 7.14. The molecule has 0 saturated carbocycles. The van der Waals surface area contributed by atoms with Gasteiger partial charge < -0.3 is 5.32 Å². The normalized spacial score (nSPS) is 11.2. The molecule has 0 aromatic heterocycles. The highest BCUT2D eigenvalue weighted by Crippen LogP contribution is 2.23. The van der Waals surface area contributed by atoms with E-state index in [9.17, 15) is 0 Å². The van der Waals surface area contributed by atoms with E-state index in [0.717, 1.165) is 18.5 Å². The summed E-state index contributed by atoms with van der Waals surface area (Å²) in [5.74, 6) is 2.67. The number of nitrogens with zero attached hydrogens (tertiary/aromatic N) is 1. The molecule has 0 fully saturated rings. The van der Waals surface area contributed by atoms with E-state index in [2.05, 4.69) is 18.2 Å². The van der Waals surface area contributed by atoms with Crippen LogP contribution in [0.2, 0.25) is 5.02 Å².